The van der Waals surface area contributed by atoms with Crippen LogP contribution in [0.1, 0.15) is 39.5 Å². The van der Waals surface area contributed by atoms with Gasteiger partial charge in [-0.25, -0.2) is 0 Å². The normalized spacial score (nSPS) is 18.1. The molecule has 1 rings (SSSR count). The third-order valence-corrected chi connectivity index (χ3v) is 3.45. The molecule has 104 valence electrons. The van der Waals surface area contributed by atoms with Gasteiger partial charge < -0.3 is 16.0 Å². The second-order valence-corrected chi connectivity index (χ2v) is 5.36. The third kappa shape index (κ3) is 5.49. The number of hydrogen-bond donors (Lipinski definition) is 3. The van der Waals surface area contributed by atoms with Crippen molar-refractivity contribution in [2.24, 2.45) is 5.41 Å². The van der Waals surface area contributed by atoms with E-state index in [1.165, 1.54) is 0 Å². The molecule has 1 aliphatic rings. The molecule has 0 spiro atoms. The highest BCUT2D eigenvalue weighted by atomic mass is 16.2. The van der Waals surface area contributed by atoms with Gasteiger partial charge >= 0.3 is 0 Å². The minimum absolute atomic E-state index is 0.0549. The monoisotopic (exact) mass is 255 g/mol. The number of amides is 2. The quantitative estimate of drug-likeness (QED) is 0.644. The van der Waals surface area contributed by atoms with Crippen LogP contribution in [0.15, 0.2) is 0 Å². The summed E-state index contributed by atoms with van der Waals surface area (Å²) in [4.78, 5) is 22.8. The molecule has 1 heterocycles. The van der Waals surface area contributed by atoms with E-state index >= 15 is 0 Å². The predicted molar refractivity (Wildman–Crippen MR) is 71.1 cm³/mol. The zero-order valence-corrected chi connectivity index (χ0v) is 11.5. The lowest BCUT2D eigenvalue weighted by Crippen LogP contribution is -2.45. The number of nitrogens with one attached hydrogen (secondary N) is 3. The molecular formula is C13H25N3O2. The van der Waals surface area contributed by atoms with Crippen LogP contribution < -0.4 is 16.0 Å². The lowest BCUT2D eigenvalue weighted by Gasteiger charge is -2.34. The molecule has 0 saturated carbocycles. The summed E-state index contributed by atoms with van der Waals surface area (Å²) in [6.45, 7) is 6.95. The standard InChI is InChI=1S/C13H25N3O2/c1-3-4-11(17)15-9-12(18)16-10-13(2)5-7-14-8-6-13/h14H,3-10H2,1-2H3,(H,15,17)(H,16,18). The molecule has 0 atom stereocenters. The number of hydrogen-bond acceptors (Lipinski definition) is 3. The van der Waals surface area contributed by atoms with E-state index in [0.29, 0.717) is 13.0 Å². The smallest absolute Gasteiger partial charge is 0.239 e. The summed E-state index contributed by atoms with van der Waals surface area (Å²) in [5.41, 5.74) is 0.189. The van der Waals surface area contributed by atoms with E-state index in [2.05, 4.69) is 22.9 Å². The van der Waals surface area contributed by atoms with Gasteiger partial charge in [-0.3, -0.25) is 9.59 Å². The van der Waals surface area contributed by atoms with Gasteiger partial charge in [-0.15, -0.1) is 0 Å². The molecule has 18 heavy (non-hydrogen) atoms. The van der Waals surface area contributed by atoms with Crippen LogP contribution in [0.25, 0.3) is 0 Å². The lowest BCUT2D eigenvalue weighted by molar-refractivity contribution is -0.126. The van der Waals surface area contributed by atoms with Crippen molar-refractivity contribution >= 4 is 11.8 Å². The Labute approximate surface area is 109 Å². The fraction of sp³-hybridized carbons (Fsp3) is 0.846. The van der Waals surface area contributed by atoms with Gasteiger partial charge in [0.05, 0.1) is 6.54 Å². The van der Waals surface area contributed by atoms with Crippen molar-refractivity contribution in [3.8, 4) is 0 Å². The van der Waals surface area contributed by atoms with Gasteiger partial charge in [0.25, 0.3) is 0 Å². The first-order valence-corrected chi connectivity index (χ1v) is 6.80. The third-order valence-electron chi connectivity index (χ3n) is 3.45. The van der Waals surface area contributed by atoms with Gasteiger partial charge in [-0.2, -0.15) is 0 Å². The van der Waals surface area contributed by atoms with Gasteiger partial charge in [-0.1, -0.05) is 13.8 Å². The topological polar surface area (TPSA) is 70.2 Å². The summed E-state index contributed by atoms with van der Waals surface area (Å²) in [6, 6.07) is 0. The van der Waals surface area contributed by atoms with Crippen LogP contribution in [0.2, 0.25) is 0 Å². The molecule has 0 aromatic rings. The van der Waals surface area contributed by atoms with E-state index in [-0.39, 0.29) is 23.8 Å². The molecule has 5 heteroatoms. The van der Waals surface area contributed by atoms with E-state index in [0.717, 1.165) is 32.4 Å². The first-order chi connectivity index (χ1) is 8.56. The maximum atomic E-state index is 11.6. The number of carbonyl (C=O) groups is 2. The van der Waals surface area contributed by atoms with Gasteiger partial charge in [-0.05, 0) is 37.8 Å². The second kappa shape index (κ2) is 7.36. The minimum atomic E-state index is -0.0980. The van der Waals surface area contributed by atoms with Crippen molar-refractivity contribution in [2.75, 3.05) is 26.2 Å². The number of rotatable bonds is 6. The Bertz CT molecular complexity index is 286. The average Bonchev–Trinajstić information content (AvgIpc) is 2.35. The van der Waals surface area contributed by atoms with Crippen molar-refractivity contribution in [1.29, 1.82) is 0 Å². The summed E-state index contributed by atoms with van der Waals surface area (Å²) in [5.74, 6) is -0.153. The van der Waals surface area contributed by atoms with E-state index in [4.69, 9.17) is 0 Å². The summed E-state index contributed by atoms with van der Waals surface area (Å²) in [6.07, 6.45) is 3.44. The summed E-state index contributed by atoms with van der Waals surface area (Å²) in [5, 5.41) is 8.84. The first-order valence-electron chi connectivity index (χ1n) is 6.80. The van der Waals surface area contributed by atoms with Crippen LogP contribution in [0.4, 0.5) is 0 Å². The van der Waals surface area contributed by atoms with Crippen LogP contribution in [0.5, 0.6) is 0 Å². The molecule has 0 aliphatic carbocycles. The van der Waals surface area contributed by atoms with Crippen molar-refractivity contribution in [3.05, 3.63) is 0 Å². The zero-order chi connectivity index (χ0) is 13.4. The molecule has 1 saturated heterocycles. The van der Waals surface area contributed by atoms with Crippen LogP contribution >= 0.6 is 0 Å². The largest absolute Gasteiger partial charge is 0.354 e. The fourth-order valence-electron chi connectivity index (χ4n) is 2.08. The molecule has 0 aromatic carbocycles. The average molecular weight is 255 g/mol. The van der Waals surface area contributed by atoms with E-state index in [1.54, 1.807) is 0 Å². The minimum Gasteiger partial charge on any atom is -0.354 e. The van der Waals surface area contributed by atoms with Crippen molar-refractivity contribution in [2.45, 2.75) is 39.5 Å². The molecule has 0 unspecified atom stereocenters. The Morgan fingerprint density at radius 2 is 1.83 bits per heavy atom. The van der Waals surface area contributed by atoms with Crippen molar-refractivity contribution in [3.63, 3.8) is 0 Å². The van der Waals surface area contributed by atoms with Gasteiger partial charge in [0.15, 0.2) is 0 Å². The van der Waals surface area contributed by atoms with Crippen LogP contribution in [-0.4, -0.2) is 38.0 Å². The first kappa shape index (κ1) is 15.0. The molecule has 0 aromatic heterocycles. The number of carbonyl (C=O) groups excluding carboxylic acids is 2. The fourth-order valence-corrected chi connectivity index (χ4v) is 2.08. The Morgan fingerprint density at radius 3 is 2.44 bits per heavy atom. The lowest BCUT2D eigenvalue weighted by atomic mass is 9.81. The summed E-state index contributed by atoms with van der Waals surface area (Å²) in [7, 11) is 0. The molecule has 3 N–H and O–H groups in total. The molecule has 1 aliphatic heterocycles. The molecular weight excluding hydrogens is 230 g/mol. The Hall–Kier alpha value is -1.10. The van der Waals surface area contributed by atoms with E-state index in [1.807, 2.05) is 6.92 Å². The molecule has 2 amide bonds. The Kier molecular flexibility index (Phi) is 6.12. The maximum absolute atomic E-state index is 11.6. The molecule has 5 nitrogen and oxygen atoms in total. The highest BCUT2D eigenvalue weighted by molar-refractivity contribution is 5.84. The van der Waals surface area contributed by atoms with E-state index < -0.39 is 0 Å². The van der Waals surface area contributed by atoms with E-state index in [9.17, 15) is 9.59 Å². The second-order valence-electron chi connectivity index (χ2n) is 5.36. The van der Waals surface area contributed by atoms with Crippen molar-refractivity contribution in [1.82, 2.24) is 16.0 Å². The van der Waals surface area contributed by atoms with Crippen LogP contribution in [-0.2, 0) is 9.59 Å². The molecule has 0 bridgehead atoms. The zero-order valence-electron chi connectivity index (χ0n) is 11.5. The molecule has 0 radical (unpaired) electrons. The maximum Gasteiger partial charge on any atom is 0.239 e. The highest BCUT2D eigenvalue weighted by Crippen LogP contribution is 2.26. The highest BCUT2D eigenvalue weighted by Gasteiger charge is 2.26. The van der Waals surface area contributed by atoms with Gasteiger partial charge in [0, 0.05) is 13.0 Å². The SMILES string of the molecule is CCCC(=O)NCC(=O)NCC1(C)CCNCC1. The van der Waals surface area contributed by atoms with Gasteiger partial charge in [0.1, 0.15) is 0 Å². The van der Waals surface area contributed by atoms with Crippen molar-refractivity contribution < 1.29 is 9.59 Å². The Morgan fingerprint density at radius 1 is 1.17 bits per heavy atom. The summed E-state index contributed by atoms with van der Waals surface area (Å²) >= 11 is 0. The van der Waals surface area contributed by atoms with Gasteiger partial charge in [0.2, 0.25) is 11.8 Å². The Balaban J connectivity index is 2.18. The van der Waals surface area contributed by atoms with Crippen LogP contribution in [0.3, 0.4) is 0 Å². The number of piperidine rings is 1. The molecule has 1 fully saturated rings. The summed E-state index contributed by atoms with van der Waals surface area (Å²) < 4.78 is 0. The van der Waals surface area contributed by atoms with Crippen LogP contribution in [0, 0.1) is 5.41 Å². The predicted octanol–water partition coefficient (Wildman–Crippen LogP) is 0.409.